The fourth-order valence-electron chi connectivity index (χ4n) is 4.26. The molecule has 1 atom stereocenters. The number of likely N-dealkylation sites (tertiary alicyclic amines) is 1. The van der Waals surface area contributed by atoms with Crippen LogP contribution in [0.3, 0.4) is 0 Å². The van der Waals surface area contributed by atoms with Crippen molar-refractivity contribution >= 4 is 27.0 Å². The number of rotatable bonds is 7. The zero-order valence-corrected chi connectivity index (χ0v) is 18.3. The molecule has 1 aromatic carbocycles. The quantitative estimate of drug-likeness (QED) is 0.747. The van der Waals surface area contributed by atoms with Crippen LogP contribution in [-0.4, -0.2) is 46.5 Å². The summed E-state index contributed by atoms with van der Waals surface area (Å²) < 4.78 is 28.9. The molecule has 0 unspecified atom stereocenters. The minimum absolute atomic E-state index is 0.0825. The van der Waals surface area contributed by atoms with E-state index in [1.807, 2.05) is 13.0 Å². The number of sulfonamides is 1. The van der Waals surface area contributed by atoms with E-state index in [0.29, 0.717) is 10.8 Å². The summed E-state index contributed by atoms with van der Waals surface area (Å²) in [4.78, 5) is 5.81. The third-order valence-electron chi connectivity index (χ3n) is 5.91. The lowest BCUT2D eigenvalue weighted by atomic mass is 10.0. The van der Waals surface area contributed by atoms with Gasteiger partial charge in [-0.3, -0.25) is 4.90 Å². The average molecular weight is 420 g/mol. The minimum Gasteiger partial charge on any atom is -0.374 e. The summed E-state index contributed by atoms with van der Waals surface area (Å²) >= 11 is 1.37. The number of fused-ring (bicyclic) bond motifs is 1. The second-order valence-electron chi connectivity index (χ2n) is 7.74. The van der Waals surface area contributed by atoms with Crippen LogP contribution in [-0.2, 0) is 22.9 Å². The molecular weight excluding hydrogens is 390 g/mol. The second kappa shape index (κ2) is 8.14. The van der Waals surface area contributed by atoms with E-state index in [-0.39, 0.29) is 6.04 Å². The van der Waals surface area contributed by atoms with Gasteiger partial charge < -0.3 is 4.90 Å². The van der Waals surface area contributed by atoms with Crippen LogP contribution in [0.2, 0.25) is 0 Å². The molecule has 1 saturated heterocycles. The Morgan fingerprint density at radius 1 is 1.14 bits per heavy atom. The molecule has 0 spiro atoms. The Hall–Kier alpha value is -1.41. The third-order valence-corrected chi connectivity index (χ3v) is 9.06. The van der Waals surface area contributed by atoms with E-state index in [2.05, 4.69) is 39.8 Å². The molecule has 3 heterocycles. The predicted octanol–water partition coefficient (Wildman–Crippen LogP) is 3.42. The van der Waals surface area contributed by atoms with E-state index in [1.165, 1.54) is 41.0 Å². The van der Waals surface area contributed by atoms with Crippen LogP contribution >= 0.6 is 11.3 Å². The van der Waals surface area contributed by atoms with E-state index in [1.54, 1.807) is 6.07 Å². The molecular formula is C21H29N3O2S2. The van der Waals surface area contributed by atoms with Gasteiger partial charge in [0, 0.05) is 36.7 Å². The lowest BCUT2D eigenvalue weighted by molar-refractivity contribution is 0.246. The van der Waals surface area contributed by atoms with Crippen molar-refractivity contribution in [3.8, 4) is 0 Å². The van der Waals surface area contributed by atoms with Gasteiger partial charge in [-0.15, -0.1) is 11.3 Å². The lowest BCUT2D eigenvalue weighted by Gasteiger charge is -2.28. The van der Waals surface area contributed by atoms with Gasteiger partial charge in [-0.2, -0.15) is 0 Å². The Labute approximate surface area is 172 Å². The monoisotopic (exact) mass is 419 g/mol. The first-order valence-corrected chi connectivity index (χ1v) is 12.4. The molecule has 0 radical (unpaired) electrons. The molecule has 5 nitrogen and oxygen atoms in total. The van der Waals surface area contributed by atoms with Gasteiger partial charge in [-0.25, -0.2) is 13.1 Å². The van der Waals surface area contributed by atoms with Gasteiger partial charge in [0.1, 0.15) is 4.21 Å². The fraction of sp³-hybridized carbons (Fsp3) is 0.524. The van der Waals surface area contributed by atoms with Crippen molar-refractivity contribution in [2.45, 2.75) is 42.9 Å². The molecule has 1 N–H and O–H groups in total. The van der Waals surface area contributed by atoms with E-state index in [4.69, 9.17) is 0 Å². The number of nitrogens with one attached hydrogen (secondary N) is 1. The molecule has 2 aliphatic heterocycles. The first-order chi connectivity index (χ1) is 13.5. The smallest absolute Gasteiger partial charge is 0.250 e. The fourth-order valence-corrected chi connectivity index (χ4v) is 6.64. The van der Waals surface area contributed by atoms with Crippen LogP contribution in [0.25, 0.3) is 0 Å². The highest BCUT2D eigenvalue weighted by Crippen LogP contribution is 2.32. The maximum absolute atomic E-state index is 12.8. The summed E-state index contributed by atoms with van der Waals surface area (Å²) in [5.41, 5.74) is 3.90. The summed E-state index contributed by atoms with van der Waals surface area (Å²) in [6.07, 6.45) is 4.29. The largest absolute Gasteiger partial charge is 0.374 e. The molecule has 0 bridgehead atoms. The van der Waals surface area contributed by atoms with E-state index >= 15 is 0 Å². The number of thiophene rings is 1. The standard InChI is InChI=1S/C21H29N3O2S2/c1-3-18-7-9-21(27-18)28(25,26)22-15-20(24-11-4-5-12-24)16-6-8-19-17(14-16)10-13-23(19)2/h6-9,14,20,22H,3-5,10-13,15H2,1-2H3/t20-/m1/s1. The highest BCUT2D eigenvalue weighted by molar-refractivity contribution is 7.91. The molecule has 0 saturated carbocycles. The molecule has 4 rings (SSSR count). The van der Waals surface area contributed by atoms with Crippen LogP contribution in [0.4, 0.5) is 5.69 Å². The molecule has 1 aromatic heterocycles. The Morgan fingerprint density at radius 3 is 2.64 bits per heavy atom. The topological polar surface area (TPSA) is 52.7 Å². The molecule has 2 aliphatic rings. The molecule has 0 aliphatic carbocycles. The summed E-state index contributed by atoms with van der Waals surface area (Å²) in [7, 11) is -1.34. The SMILES string of the molecule is CCc1ccc(S(=O)(=O)NC[C@H](c2ccc3c(c2)CCN3C)N2CCCC2)s1. The van der Waals surface area contributed by atoms with Crippen molar-refractivity contribution in [1.29, 1.82) is 0 Å². The van der Waals surface area contributed by atoms with Crippen molar-refractivity contribution in [2.75, 3.05) is 38.1 Å². The number of benzene rings is 1. The van der Waals surface area contributed by atoms with Gasteiger partial charge in [-0.1, -0.05) is 19.1 Å². The number of anilines is 1. The van der Waals surface area contributed by atoms with Crippen molar-refractivity contribution in [1.82, 2.24) is 9.62 Å². The predicted molar refractivity (Wildman–Crippen MR) is 116 cm³/mol. The first-order valence-electron chi connectivity index (χ1n) is 10.1. The maximum atomic E-state index is 12.8. The number of hydrogen-bond donors (Lipinski definition) is 1. The molecule has 2 aromatic rings. The van der Waals surface area contributed by atoms with Gasteiger partial charge in [0.25, 0.3) is 0 Å². The molecule has 28 heavy (non-hydrogen) atoms. The van der Waals surface area contributed by atoms with Crippen LogP contribution in [0, 0.1) is 0 Å². The Morgan fingerprint density at radius 2 is 1.93 bits per heavy atom. The van der Waals surface area contributed by atoms with Crippen molar-refractivity contribution in [2.24, 2.45) is 0 Å². The van der Waals surface area contributed by atoms with Gasteiger partial charge in [0.2, 0.25) is 10.0 Å². The second-order valence-corrected chi connectivity index (χ2v) is 10.9. The van der Waals surface area contributed by atoms with Crippen LogP contribution < -0.4 is 9.62 Å². The van der Waals surface area contributed by atoms with Crippen molar-refractivity contribution < 1.29 is 8.42 Å². The highest BCUT2D eigenvalue weighted by atomic mass is 32.2. The van der Waals surface area contributed by atoms with Gasteiger partial charge in [0.15, 0.2) is 0 Å². The zero-order chi connectivity index (χ0) is 19.7. The normalized spacial score (nSPS) is 18.6. The molecule has 7 heteroatoms. The van der Waals surface area contributed by atoms with Gasteiger partial charge in [-0.05, 0) is 68.1 Å². The Bertz CT molecular complexity index is 933. The van der Waals surface area contributed by atoms with Gasteiger partial charge >= 0.3 is 0 Å². The summed E-state index contributed by atoms with van der Waals surface area (Å²) in [6, 6.07) is 10.4. The molecule has 1 fully saturated rings. The summed E-state index contributed by atoms with van der Waals surface area (Å²) in [5, 5.41) is 0. The summed E-state index contributed by atoms with van der Waals surface area (Å²) in [5.74, 6) is 0. The minimum atomic E-state index is -3.47. The van der Waals surface area contributed by atoms with E-state index in [9.17, 15) is 8.42 Å². The van der Waals surface area contributed by atoms with E-state index < -0.39 is 10.0 Å². The van der Waals surface area contributed by atoms with Crippen LogP contribution in [0.15, 0.2) is 34.5 Å². The first kappa shape index (κ1) is 19.9. The number of nitrogens with zero attached hydrogens (tertiary/aromatic N) is 2. The Kier molecular flexibility index (Phi) is 5.78. The summed E-state index contributed by atoms with van der Waals surface area (Å²) in [6.45, 7) is 5.57. The van der Waals surface area contributed by atoms with Gasteiger partial charge in [0.05, 0.1) is 0 Å². The lowest BCUT2D eigenvalue weighted by Crippen LogP contribution is -2.36. The average Bonchev–Trinajstić information content (AvgIpc) is 3.43. The van der Waals surface area contributed by atoms with Crippen LogP contribution in [0.1, 0.15) is 41.8 Å². The van der Waals surface area contributed by atoms with Crippen molar-refractivity contribution in [3.63, 3.8) is 0 Å². The zero-order valence-electron chi connectivity index (χ0n) is 16.6. The van der Waals surface area contributed by atoms with E-state index in [0.717, 1.165) is 37.4 Å². The number of hydrogen-bond acceptors (Lipinski definition) is 5. The van der Waals surface area contributed by atoms with Crippen molar-refractivity contribution in [3.05, 3.63) is 46.3 Å². The number of likely N-dealkylation sites (N-methyl/N-ethyl adjacent to an activating group) is 1. The third kappa shape index (κ3) is 3.99. The van der Waals surface area contributed by atoms with Crippen LogP contribution in [0.5, 0.6) is 0 Å². The Balaban J connectivity index is 1.55. The molecule has 152 valence electrons. The number of aryl methyl sites for hydroxylation is 1. The maximum Gasteiger partial charge on any atom is 0.250 e. The molecule has 0 amide bonds. The highest BCUT2D eigenvalue weighted by Gasteiger charge is 2.27.